The lowest BCUT2D eigenvalue weighted by Crippen LogP contribution is -2.49. The van der Waals surface area contributed by atoms with Gasteiger partial charge in [0, 0.05) is 31.1 Å². The third kappa shape index (κ3) is 9.47. The number of halogens is 3. The summed E-state index contributed by atoms with van der Waals surface area (Å²) in [7, 11) is -3.71. The van der Waals surface area contributed by atoms with Crippen molar-refractivity contribution in [1.82, 2.24) is 10.2 Å². The highest BCUT2D eigenvalue weighted by molar-refractivity contribution is 7.92. The molecule has 0 aromatic heterocycles. The van der Waals surface area contributed by atoms with Crippen LogP contribution >= 0.6 is 23.2 Å². The molecule has 1 atom stereocenters. The summed E-state index contributed by atoms with van der Waals surface area (Å²) in [6.45, 7) is 6.34. The van der Waals surface area contributed by atoms with Crippen molar-refractivity contribution in [3.63, 3.8) is 0 Å². The van der Waals surface area contributed by atoms with Crippen molar-refractivity contribution in [3.8, 4) is 0 Å². The van der Waals surface area contributed by atoms with Gasteiger partial charge in [-0.3, -0.25) is 13.9 Å². The minimum atomic E-state index is -3.71. The van der Waals surface area contributed by atoms with Crippen LogP contribution in [0.5, 0.6) is 0 Å². The van der Waals surface area contributed by atoms with Crippen LogP contribution in [0.1, 0.15) is 45.6 Å². The molecular formula is C26H34Cl2FN3O4S. The van der Waals surface area contributed by atoms with E-state index >= 15 is 0 Å². The van der Waals surface area contributed by atoms with Crippen molar-refractivity contribution in [2.75, 3.05) is 23.7 Å². The summed E-state index contributed by atoms with van der Waals surface area (Å²) >= 11 is 12.3. The maximum atomic E-state index is 13.4. The summed E-state index contributed by atoms with van der Waals surface area (Å²) in [4.78, 5) is 27.8. The number of nitrogens with zero attached hydrogens (tertiary/aromatic N) is 2. The lowest BCUT2D eigenvalue weighted by molar-refractivity contribution is -0.141. The van der Waals surface area contributed by atoms with Crippen LogP contribution in [0.3, 0.4) is 0 Å². The first-order chi connectivity index (χ1) is 17.3. The van der Waals surface area contributed by atoms with Gasteiger partial charge in [-0.15, -0.1) is 0 Å². The topological polar surface area (TPSA) is 86.8 Å². The number of hydrogen-bond acceptors (Lipinski definition) is 4. The molecule has 0 unspecified atom stereocenters. The standard InChI is InChI=1S/C26H34Cl2FN3O4S/c1-5-23(26(34)30-16-18(2)3)31(17-19-8-11-21(29)12-9-19)25(33)7-6-14-32(37(4,35)36)24-15-20(27)10-13-22(24)28/h8-13,15,18,23H,5-7,14,16-17H2,1-4H3,(H,30,34)/t23-/m0/s1. The maximum Gasteiger partial charge on any atom is 0.242 e. The van der Waals surface area contributed by atoms with E-state index in [-0.39, 0.29) is 54.4 Å². The molecule has 0 saturated carbocycles. The SMILES string of the molecule is CC[C@@H](C(=O)NCC(C)C)N(Cc1ccc(F)cc1)C(=O)CCCN(c1cc(Cl)ccc1Cl)S(C)(=O)=O. The van der Waals surface area contributed by atoms with Crippen molar-refractivity contribution < 1.29 is 22.4 Å². The van der Waals surface area contributed by atoms with E-state index in [1.807, 2.05) is 20.8 Å². The molecule has 11 heteroatoms. The fourth-order valence-electron chi connectivity index (χ4n) is 3.79. The average Bonchev–Trinajstić information content (AvgIpc) is 2.82. The highest BCUT2D eigenvalue weighted by Gasteiger charge is 2.29. The third-order valence-electron chi connectivity index (χ3n) is 5.67. The van der Waals surface area contributed by atoms with Crippen LogP contribution in [-0.4, -0.2) is 50.5 Å². The second-order valence-corrected chi connectivity index (χ2v) is 12.0. The molecule has 0 aliphatic carbocycles. The molecule has 204 valence electrons. The van der Waals surface area contributed by atoms with Crippen LogP contribution in [0.4, 0.5) is 10.1 Å². The normalized spacial score (nSPS) is 12.3. The van der Waals surface area contributed by atoms with E-state index in [4.69, 9.17) is 23.2 Å². The molecule has 2 rings (SSSR count). The summed E-state index contributed by atoms with van der Waals surface area (Å²) in [5.41, 5.74) is 0.903. The van der Waals surface area contributed by atoms with E-state index in [9.17, 15) is 22.4 Å². The average molecular weight is 575 g/mol. The lowest BCUT2D eigenvalue weighted by Gasteiger charge is -2.31. The number of benzene rings is 2. The van der Waals surface area contributed by atoms with Gasteiger partial charge in [-0.1, -0.05) is 56.1 Å². The Morgan fingerprint density at radius 1 is 1.08 bits per heavy atom. The summed E-state index contributed by atoms with van der Waals surface area (Å²) < 4.78 is 39.5. The molecule has 0 aliphatic rings. The summed E-state index contributed by atoms with van der Waals surface area (Å²) in [5, 5.41) is 3.42. The molecule has 2 amide bonds. The van der Waals surface area contributed by atoms with Gasteiger partial charge in [-0.2, -0.15) is 0 Å². The smallest absolute Gasteiger partial charge is 0.242 e. The lowest BCUT2D eigenvalue weighted by atomic mass is 10.1. The molecule has 7 nitrogen and oxygen atoms in total. The second kappa shape index (κ2) is 14.0. The number of sulfonamides is 1. The van der Waals surface area contributed by atoms with Crippen LogP contribution in [0.25, 0.3) is 0 Å². The molecular weight excluding hydrogens is 540 g/mol. The summed E-state index contributed by atoms with van der Waals surface area (Å²) in [5.74, 6) is -0.747. The number of carbonyl (C=O) groups is 2. The fourth-order valence-corrected chi connectivity index (χ4v) is 5.19. The molecule has 1 N–H and O–H groups in total. The first-order valence-electron chi connectivity index (χ1n) is 12.1. The highest BCUT2D eigenvalue weighted by Crippen LogP contribution is 2.31. The Hall–Kier alpha value is -2.36. The van der Waals surface area contributed by atoms with E-state index in [0.717, 1.165) is 10.6 Å². The highest BCUT2D eigenvalue weighted by atomic mass is 35.5. The third-order valence-corrected chi connectivity index (χ3v) is 7.40. The quantitative estimate of drug-likeness (QED) is 0.354. The van der Waals surface area contributed by atoms with Crippen LogP contribution in [-0.2, 0) is 26.2 Å². The molecule has 0 bridgehead atoms. The van der Waals surface area contributed by atoms with E-state index in [1.165, 1.54) is 29.2 Å². The fraction of sp³-hybridized carbons (Fsp3) is 0.462. The van der Waals surface area contributed by atoms with Crippen molar-refractivity contribution in [3.05, 3.63) is 63.9 Å². The molecule has 0 radical (unpaired) electrons. The van der Waals surface area contributed by atoms with E-state index < -0.39 is 21.9 Å². The molecule has 0 heterocycles. The zero-order chi connectivity index (χ0) is 27.8. The first kappa shape index (κ1) is 30.9. The predicted octanol–water partition coefficient (Wildman–Crippen LogP) is 5.26. The maximum absolute atomic E-state index is 13.4. The molecule has 37 heavy (non-hydrogen) atoms. The molecule has 0 aliphatic heterocycles. The Morgan fingerprint density at radius 2 is 1.73 bits per heavy atom. The van der Waals surface area contributed by atoms with Gasteiger partial charge >= 0.3 is 0 Å². The summed E-state index contributed by atoms with van der Waals surface area (Å²) in [6, 6.07) is 9.54. The van der Waals surface area contributed by atoms with E-state index in [2.05, 4.69) is 5.32 Å². The van der Waals surface area contributed by atoms with Crippen LogP contribution in [0, 0.1) is 11.7 Å². The minimum Gasteiger partial charge on any atom is -0.354 e. The molecule has 0 fully saturated rings. The molecule has 0 spiro atoms. The number of carbonyl (C=O) groups excluding carboxylic acids is 2. The van der Waals surface area contributed by atoms with Crippen molar-refractivity contribution in [2.45, 2.75) is 52.6 Å². The van der Waals surface area contributed by atoms with Gasteiger partial charge in [-0.05, 0) is 54.7 Å². The Morgan fingerprint density at radius 3 is 2.30 bits per heavy atom. The van der Waals surface area contributed by atoms with Crippen molar-refractivity contribution in [1.29, 1.82) is 0 Å². The van der Waals surface area contributed by atoms with Gasteiger partial charge in [0.15, 0.2) is 0 Å². The van der Waals surface area contributed by atoms with Crippen LogP contribution in [0.15, 0.2) is 42.5 Å². The van der Waals surface area contributed by atoms with Gasteiger partial charge in [-0.25, -0.2) is 12.8 Å². The monoisotopic (exact) mass is 573 g/mol. The zero-order valence-electron chi connectivity index (χ0n) is 21.5. The zero-order valence-corrected chi connectivity index (χ0v) is 23.8. The molecule has 2 aromatic carbocycles. The second-order valence-electron chi connectivity index (χ2n) is 9.25. The first-order valence-corrected chi connectivity index (χ1v) is 14.7. The van der Waals surface area contributed by atoms with Crippen molar-refractivity contribution in [2.24, 2.45) is 5.92 Å². The predicted molar refractivity (Wildman–Crippen MR) is 147 cm³/mol. The number of anilines is 1. The van der Waals surface area contributed by atoms with E-state index in [1.54, 1.807) is 18.2 Å². The van der Waals surface area contributed by atoms with Gasteiger partial charge in [0.05, 0.1) is 17.0 Å². The van der Waals surface area contributed by atoms with Gasteiger partial charge < -0.3 is 10.2 Å². The molecule has 2 aromatic rings. The number of nitrogens with one attached hydrogen (secondary N) is 1. The Balaban J connectivity index is 2.23. The number of amides is 2. The molecule has 0 saturated heterocycles. The van der Waals surface area contributed by atoms with Gasteiger partial charge in [0.25, 0.3) is 0 Å². The van der Waals surface area contributed by atoms with E-state index in [0.29, 0.717) is 23.6 Å². The van der Waals surface area contributed by atoms with Gasteiger partial charge in [0.2, 0.25) is 21.8 Å². The summed E-state index contributed by atoms with van der Waals surface area (Å²) in [6.07, 6.45) is 1.60. The van der Waals surface area contributed by atoms with Crippen LogP contribution in [0.2, 0.25) is 10.0 Å². The van der Waals surface area contributed by atoms with Crippen molar-refractivity contribution >= 4 is 50.7 Å². The minimum absolute atomic E-state index is 0.00857. The van der Waals surface area contributed by atoms with Gasteiger partial charge in [0.1, 0.15) is 11.9 Å². The Labute approximate surface area is 229 Å². The Bertz CT molecular complexity index is 1180. The van der Waals surface area contributed by atoms with Crippen LogP contribution < -0.4 is 9.62 Å². The Kier molecular flexibility index (Phi) is 11.7. The number of hydrogen-bond donors (Lipinski definition) is 1. The largest absolute Gasteiger partial charge is 0.354 e. The number of rotatable bonds is 13.